The predicted molar refractivity (Wildman–Crippen MR) is 93.3 cm³/mol. The van der Waals surface area contributed by atoms with Crippen molar-refractivity contribution in [1.82, 2.24) is 24.9 Å². The van der Waals surface area contributed by atoms with Gasteiger partial charge in [-0.15, -0.1) is 0 Å². The van der Waals surface area contributed by atoms with Crippen molar-refractivity contribution in [3.8, 4) is 34.0 Å². The molecule has 4 aromatic rings. The fraction of sp³-hybridized carbons (Fsp3) is 0. The fourth-order valence-electron chi connectivity index (χ4n) is 2.43. The summed E-state index contributed by atoms with van der Waals surface area (Å²) in [5, 5.41) is 0.680. The van der Waals surface area contributed by atoms with Crippen molar-refractivity contribution in [1.29, 1.82) is 0 Å². The summed E-state index contributed by atoms with van der Waals surface area (Å²) in [4.78, 5) is 20.8. The summed E-state index contributed by atoms with van der Waals surface area (Å²) in [6.07, 6.45) is 8.72. The number of imidazole rings is 1. The molecule has 0 spiro atoms. The normalized spacial score (nSPS) is 10.7. The molecule has 3 heterocycles. The molecule has 0 unspecified atom stereocenters. The molecule has 0 saturated heterocycles. The van der Waals surface area contributed by atoms with Gasteiger partial charge in [0.2, 0.25) is 0 Å². The van der Waals surface area contributed by atoms with E-state index in [2.05, 4.69) is 19.9 Å². The van der Waals surface area contributed by atoms with Crippen LogP contribution in [0.15, 0.2) is 67.4 Å². The topological polar surface area (TPSA) is 67.3 Å². The number of rotatable bonds is 3. The number of nitrogens with zero attached hydrogens (tertiary/aromatic N) is 4. The van der Waals surface area contributed by atoms with Crippen LogP contribution in [-0.4, -0.2) is 24.9 Å². The first-order valence-corrected chi connectivity index (χ1v) is 7.72. The summed E-state index contributed by atoms with van der Waals surface area (Å²) < 4.78 is 0. The highest BCUT2D eigenvalue weighted by molar-refractivity contribution is 6.30. The molecule has 0 saturated carbocycles. The number of aromatic amines is 1. The van der Waals surface area contributed by atoms with E-state index in [1.807, 2.05) is 36.4 Å². The highest BCUT2D eigenvalue weighted by Gasteiger charge is 2.14. The molecule has 24 heavy (non-hydrogen) atoms. The zero-order chi connectivity index (χ0) is 16.4. The van der Waals surface area contributed by atoms with Gasteiger partial charge in [0.05, 0.1) is 11.3 Å². The molecule has 0 atom stereocenters. The second kappa shape index (κ2) is 6.22. The van der Waals surface area contributed by atoms with E-state index in [9.17, 15) is 0 Å². The van der Waals surface area contributed by atoms with Crippen LogP contribution in [0.2, 0.25) is 5.02 Å². The smallest absolute Gasteiger partial charge is 0.161 e. The van der Waals surface area contributed by atoms with Crippen LogP contribution in [-0.2, 0) is 0 Å². The van der Waals surface area contributed by atoms with Gasteiger partial charge in [-0.05, 0) is 24.3 Å². The van der Waals surface area contributed by atoms with Crippen LogP contribution in [0.1, 0.15) is 0 Å². The van der Waals surface area contributed by atoms with Gasteiger partial charge in [0.15, 0.2) is 5.82 Å². The Bertz CT molecular complexity index is 951. The first kappa shape index (κ1) is 14.5. The minimum absolute atomic E-state index is 0.614. The van der Waals surface area contributed by atoms with Gasteiger partial charge in [0, 0.05) is 47.1 Å². The summed E-state index contributed by atoms with van der Waals surface area (Å²) in [6.45, 7) is 0. The van der Waals surface area contributed by atoms with E-state index in [0.29, 0.717) is 10.8 Å². The van der Waals surface area contributed by atoms with Crippen LogP contribution in [0.3, 0.4) is 0 Å². The summed E-state index contributed by atoms with van der Waals surface area (Å²) in [5.74, 6) is 1.33. The second-order valence-corrected chi connectivity index (χ2v) is 5.58. The average molecular weight is 334 g/mol. The van der Waals surface area contributed by atoms with Gasteiger partial charge >= 0.3 is 0 Å². The quantitative estimate of drug-likeness (QED) is 0.608. The third-order valence-corrected chi connectivity index (χ3v) is 3.83. The number of nitrogens with one attached hydrogen (secondary N) is 1. The summed E-state index contributed by atoms with van der Waals surface area (Å²) in [6, 6.07) is 11.3. The van der Waals surface area contributed by atoms with Gasteiger partial charge < -0.3 is 4.98 Å². The van der Waals surface area contributed by atoms with Gasteiger partial charge in [-0.1, -0.05) is 23.7 Å². The Morgan fingerprint density at radius 1 is 0.875 bits per heavy atom. The number of benzene rings is 1. The van der Waals surface area contributed by atoms with E-state index in [4.69, 9.17) is 16.6 Å². The van der Waals surface area contributed by atoms with Crippen LogP contribution in [0.4, 0.5) is 0 Å². The van der Waals surface area contributed by atoms with E-state index in [1.165, 1.54) is 0 Å². The molecule has 4 rings (SSSR count). The number of H-pyrrole nitrogens is 1. The predicted octanol–water partition coefficient (Wildman–Crippen LogP) is 4.25. The van der Waals surface area contributed by atoms with Crippen LogP contribution in [0.25, 0.3) is 34.0 Å². The van der Waals surface area contributed by atoms with E-state index in [-0.39, 0.29) is 0 Å². The molecule has 0 fully saturated rings. The van der Waals surface area contributed by atoms with Crippen LogP contribution in [0, 0.1) is 0 Å². The Morgan fingerprint density at radius 2 is 1.75 bits per heavy atom. The lowest BCUT2D eigenvalue weighted by atomic mass is 10.1. The van der Waals surface area contributed by atoms with Gasteiger partial charge in [-0.25, -0.2) is 15.0 Å². The third-order valence-electron chi connectivity index (χ3n) is 3.58. The number of halogens is 1. The number of pyridine rings is 1. The Kier molecular flexibility index (Phi) is 3.76. The van der Waals surface area contributed by atoms with E-state index < -0.39 is 0 Å². The molecule has 116 valence electrons. The summed E-state index contributed by atoms with van der Waals surface area (Å²) in [7, 11) is 0. The zero-order valence-corrected chi connectivity index (χ0v) is 13.3. The van der Waals surface area contributed by atoms with Crippen LogP contribution in [0.5, 0.6) is 0 Å². The summed E-state index contributed by atoms with van der Waals surface area (Å²) in [5.41, 5.74) is 3.42. The average Bonchev–Trinajstić information content (AvgIpc) is 3.17. The SMILES string of the molecule is Clc1ccc(-c2nc(-c3cccnc3)ncc2-c2ncc[nH]2)cc1. The Hall–Kier alpha value is -3.05. The molecule has 6 heteroatoms. The molecule has 0 aliphatic rings. The number of aromatic nitrogens is 5. The molecule has 0 aliphatic carbocycles. The molecule has 0 aliphatic heterocycles. The lowest BCUT2D eigenvalue weighted by Gasteiger charge is -2.09. The van der Waals surface area contributed by atoms with Crippen molar-refractivity contribution >= 4 is 11.6 Å². The first-order chi connectivity index (χ1) is 11.8. The van der Waals surface area contributed by atoms with E-state index in [1.54, 1.807) is 31.0 Å². The highest BCUT2D eigenvalue weighted by Crippen LogP contribution is 2.30. The lowest BCUT2D eigenvalue weighted by molar-refractivity contribution is 1.15. The summed E-state index contributed by atoms with van der Waals surface area (Å²) >= 11 is 6.01. The highest BCUT2D eigenvalue weighted by atomic mass is 35.5. The molecule has 1 aromatic carbocycles. The molecule has 0 bridgehead atoms. The molecule has 0 radical (unpaired) electrons. The Balaban J connectivity index is 1.91. The maximum atomic E-state index is 6.01. The van der Waals surface area contributed by atoms with Crippen molar-refractivity contribution < 1.29 is 0 Å². The van der Waals surface area contributed by atoms with Gasteiger partial charge in [0.25, 0.3) is 0 Å². The second-order valence-electron chi connectivity index (χ2n) is 5.14. The van der Waals surface area contributed by atoms with Crippen LogP contribution >= 0.6 is 11.6 Å². The van der Waals surface area contributed by atoms with Crippen molar-refractivity contribution in [3.63, 3.8) is 0 Å². The van der Waals surface area contributed by atoms with Crippen molar-refractivity contribution in [2.75, 3.05) is 0 Å². The minimum atomic E-state index is 0.614. The minimum Gasteiger partial charge on any atom is -0.345 e. The Labute approximate surface area is 143 Å². The van der Waals surface area contributed by atoms with Crippen LogP contribution < -0.4 is 0 Å². The lowest BCUT2D eigenvalue weighted by Crippen LogP contribution is -1.97. The van der Waals surface area contributed by atoms with Gasteiger partial charge in [0.1, 0.15) is 5.82 Å². The number of hydrogen-bond donors (Lipinski definition) is 1. The monoisotopic (exact) mass is 333 g/mol. The van der Waals surface area contributed by atoms with Crippen molar-refractivity contribution in [2.24, 2.45) is 0 Å². The van der Waals surface area contributed by atoms with E-state index in [0.717, 1.165) is 28.2 Å². The van der Waals surface area contributed by atoms with Gasteiger partial charge in [-0.3, -0.25) is 4.98 Å². The fourth-order valence-corrected chi connectivity index (χ4v) is 2.56. The van der Waals surface area contributed by atoms with Crippen molar-refractivity contribution in [3.05, 3.63) is 72.4 Å². The van der Waals surface area contributed by atoms with Gasteiger partial charge in [-0.2, -0.15) is 0 Å². The molecular weight excluding hydrogens is 322 g/mol. The maximum Gasteiger partial charge on any atom is 0.161 e. The standard InChI is InChI=1S/C18H12ClN5/c19-14-5-3-12(4-6-14)16-15(18-21-8-9-22-18)11-23-17(24-16)13-2-1-7-20-10-13/h1-11H,(H,21,22). The number of hydrogen-bond acceptors (Lipinski definition) is 4. The molecule has 1 N–H and O–H groups in total. The molecule has 0 amide bonds. The van der Waals surface area contributed by atoms with E-state index >= 15 is 0 Å². The Morgan fingerprint density at radius 3 is 2.46 bits per heavy atom. The zero-order valence-electron chi connectivity index (χ0n) is 12.5. The largest absolute Gasteiger partial charge is 0.345 e. The first-order valence-electron chi connectivity index (χ1n) is 7.34. The van der Waals surface area contributed by atoms with Crippen molar-refractivity contribution in [2.45, 2.75) is 0 Å². The molecule has 3 aromatic heterocycles. The maximum absolute atomic E-state index is 6.01. The molecule has 5 nitrogen and oxygen atoms in total. The molecular formula is C18H12ClN5. The third kappa shape index (κ3) is 2.77.